The Morgan fingerprint density at radius 2 is 0.878 bits per heavy atom. The Bertz CT molecular complexity index is 619. The summed E-state index contributed by atoms with van der Waals surface area (Å²) in [5, 5.41) is 0. The summed E-state index contributed by atoms with van der Waals surface area (Å²) in [6, 6.07) is 0. The van der Waals surface area contributed by atoms with Gasteiger partial charge in [0, 0.05) is 0 Å². The minimum absolute atomic E-state index is 0.150. The molecule has 0 fully saturated rings. The fourth-order valence-corrected chi connectivity index (χ4v) is 4.17. The maximum atomic E-state index is 11.8. The highest BCUT2D eigenvalue weighted by atomic mass is 17.2. The van der Waals surface area contributed by atoms with Crippen molar-refractivity contribution in [3.63, 3.8) is 0 Å². The first kappa shape index (κ1) is 41.0. The van der Waals surface area contributed by atoms with Crippen LogP contribution in [0.1, 0.15) is 176 Å². The fraction of sp³-hybridized carbons (Fsp3) is 0.879. The minimum atomic E-state index is -0.479. The van der Waals surface area contributed by atoms with Gasteiger partial charge in [-0.2, -0.15) is 0 Å². The van der Waals surface area contributed by atoms with E-state index in [4.69, 9.17) is 0 Å². The monoisotopic (exact) mass is 586 g/mol. The summed E-state index contributed by atoms with van der Waals surface area (Å²) in [6.45, 7) is 12.3. The van der Waals surface area contributed by atoms with Gasteiger partial charge in [0.15, 0.2) is 0 Å². The number of unbranched alkanes of at least 4 members (excludes halogenated alkanes) is 12. The predicted octanol–water partition coefficient (Wildman–Crippen LogP) is 9.52. The van der Waals surface area contributed by atoms with Crippen LogP contribution in [0.15, 0.2) is 0 Å². The van der Waals surface area contributed by atoms with Gasteiger partial charge in [-0.1, -0.05) is 131 Å². The third kappa shape index (κ3) is 30.7. The summed E-state index contributed by atoms with van der Waals surface area (Å²) in [4.78, 5) is 64.2. The smallest absolute Gasteiger partial charge is 0.247 e. The second-order valence-corrected chi connectivity index (χ2v) is 11.4. The molecule has 0 saturated heterocycles. The number of carbonyl (C=O) groups is 4. The Kier molecular flexibility index (Phi) is 30.8. The van der Waals surface area contributed by atoms with Gasteiger partial charge in [-0.25, -0.2) is 38.7 Å². The van der Waals surface area contributed by atoms with Gasteiger partial charge >= 0.3 is 23.9 Å². The lowest BCUT2D eigenvalue weighted by Gasteiger charge is -2.13. The Hall–Kier alpha value is -2.12. The Labute approximate surface area is 250 Å². The van der Waals surface area contributed by atoms with Crippen LogP contribution in [0.4, 0.5) is 0 Å². The summed E-state index contributed by atoms with van der Waals surface area (Å²) in [6.07, 6.45) is 20.0. The molecule has 0 aliphatic rings. The summed E-state index contributed by atoms with van der Waals surface area (Å²) >= 11 is 0. The van der Waals surface area contributed by atoms with E-state index in [9.17, 15) is 19.2 Å². The predicted molar refractivity (Wildman–Crippen MR) is 162 cm³/mol. The van der Waals surface area contributed by atoms with Gasteiger partial charge in [0.25, 0.3) is 0 Å². The number of rotatable bonds is 23. The van der Waals surface area contributed by atoms with Crippen molar-refractivity contribution in [3.8, 4) is 0 Å². The highest BCUT2D eigenvalue weighted by molar-refractivity contribution is 5.74. The lowest BCUT2D eigenvalue weighted by atomic mass is 9.97. The van der Waals surface area contributed by atoms with Gasteiger partial charge in [0.1, 0.15) is 0 Å². The van der Waals surface area contributed by atoms with Crippen molar-refractivity contribution in [2.24, 2.45) is 11.8 Å². The summed E-state index contributed by atoms with van der Waals surface area (Å²) < 4.78 is 0. The quantitative estimate of drug-likeness (QED) is 0.0662. The Morgan fingerprint density at radius 3 is 1.32 bits per heavy atom. The van der Waals surface area contributed by atoms with Gasteiger partial charge < -0.3 is 0 Å². The third-order valence-electron chi connectivity index (χ3n) is 6.61. The van der Waals surface area contributed by atoms with Crippen molar-refractivity contribution in [1.82, 2.24) is 0 Å². The highest BCUT2D eigenvalue weighted by Gasteiger charge is 2.21. The third-order valence-corrected chi connectivity index (χ3v) is 6.61. The van der Waals surface area contributed by atoms with Crippen LogP contribution in [0.5, 0.6) is 0 Å². The van der Waals surface area contributed by atoms with Gasteiger partial charge in [0.2, 0.25) is 0 Å². The maximum absolute atomic E-state index is 11.8. The van der Waals surface area contributed by atoms with Crippen LogP contribution < -0.4 is 0 Å². The zero-order chi connectivity index (χ0) is 31.1. The zero-order valence-electron chi connectivity index (χ0n) is 27.3. The highest BCUT2D eigenvalue weighted by Crippen LogP contribution is 2.18. The van der Waals surface area contributed by atoms with E-state index in [2.05, 4.69) is 40.3 Å². The van der Waals surface area contributed by atoms with E-state index < -0.39 is 23.9 Å². The van der Waals surface area contributed by atoms with E-state index in [1.54, 1.807) is 0 Å². The molecule has 8 nitrogen and oxygen atoms in total. The van der Waals surface area contributed by atoms with Gasteiger partial charge in [-0.3, -0.25) is 0 Å². The van der Waals surface area contributed by atoms with Crippen LogP contribution >= 0.6 is 0 Å². The van der Waals surface area contributed by atoms with E-state index >= 15 is 0 Å². The van der Waals surface area contributed by atoms with Crippen molar-refractivity contribution in [1.29, 1.82) is 0 Å². The van der Waals surface area contributed by atoms with Crippen LogP contribution in [-0.4, -0.2) is 23.9 Å². The van der Waals surface area contributed by atoms with Crippen molar-refractivity contribution in [2.45, 2.75) is 176 Å². The van der Waals surface area contributed by atoms with Gasteiger partial charge in [-0.05, 0) is 31.6 Å². The topological polar surface area (TPSA) is 105 Å². The summed E-state index contributed by atoms with van der Waals surface area (Å²) in [7, 11) is 0. The van der Waals surface area contributed by atoms with Crippen molar-refractivity contribution < 1.29 is 38.7 Å². The molecule has 0 aromatic carbocycles. The molecule has 0 aliphatic heterocycles. The van der Waals surface area contributed by atoms with Crippen molar-refractivity contribution in [3.05, 3.63) is 0 Å². The Morgan fingerprint density at radius 1 is 0.463 bits per heavy atom. The summed E-state index contributed by atoms with van der Waals surface area (Å²) in [5.74, 6) is -1.72. The van der Waals surface area contributed by atoms with Gasteiger partial charge in [0.05, 0.1) is 25.2 Å². The minimum Gasteiger partial charge on any atom is -0.247 e. The average Bonchev–Trinajstić information content (AvgIpc) is 2.94. The van der Waals surface area contributed by atoms with E-state index in [-0.39, 0.29) is 18.3 Å². The average molecular weight is 587 g/mol. The van der Waals surface area contributed by atoms with Gasteiger partial charge in [-0.15, -0.1) is 0 Å². The molecule has 0 heterocycles. The molecule has 0 aromatic heterocycles. The molecule has 1 unspecified atom stereocenters. The Balaban J connectivity index is 0. The molecular weight excluding hydrogens is 524 g/mol. The molecule has 0 amide bonds. The molecule has 242 valence electrons. The molecule has 1 atom stereocenters. The molecule has 0 spiro atoms. The number of hydrogen-bond acceptors (Lipinski definition) is 8. The molecular formula is C33H62O8. The van der Waals surface area contributed by atoms with Crippen molar-refractivity contribution >= 4 is 23.9 Å². The van der Waals surface area contributed by atoms with Crippen LogP contribution in [0.25, 0.3) is 0 Å². The van der Waals surface area contributed by atoms with E-state index in [0.717, 1.165) is 77.0 Å². The first-order chi connectivity index (χ1) is 19.7. The van der Waals surface area contributed by atoms with Crippen LogP contribution in [-0.2, 0) is 38.7 Å². The molecule has 0 bridgehead atoms. The lowest BCUT2D eigenvalue weighted by Crippen LogP contribution is -2.20. The first-order valence-corrected chi connectivity index (χ1v) is 16.5. The van der Waals surface area contributed by atoms with E-state index in [1.807, 2.05) is 20.8 Å². The molecule has 0 N–H and O–H groups in total. The fourth-order valence-electron chi connectivity index (χ4n) is 4.17. The largest absolute Gasteiger partial charge is 0.358 e. The SMILES string of the molecule is CCCCCC(CCC)C(=O)OOC(=O)CC(C)C.CCCCCCCCC(=O)OOC(=O)CCCCCCCC. The normalized spacial score (nSPS) is 11.3. The molecule has 0 rings (SSSR count). The molecule has 0 saturated carbocycles. The second-order valence-electron chi connectivity index (χ2n) is 11.4. The number of hydrogen-bond donors (Lipinski definition) is 0. The number of carbonyl (C=O) groups excluding carboxylic acids is 4. The molecule has 0 aliphatic carbocycles. The molecule has 8 heteroatoms. The van der Waals surface area contributed by atoms with Crippen molar-refractivity contribution in [2.75, 3.05) is 0 Å². The molecule has 41 heavy (non-hydrogen) atoms. The second kappa shape index (κ2) is 30.8. The van der Waals surface area contributed by atoms with E-state index in [0.29, 0.717) is 12.8 Å². The standard InChI is InChI=1S/C18H34O4.C15H28O4/c1-3-5-7-9-11-13-15-17(19)21-22-18(20)16-14-12-10-8-6-4-2;1-5-7-8-10-13(9-6-2)15(17)19-18-14(16)11-12(3)4/h3-16H2,1-2H3;12-13H,5-11H2,1-4H3. The maximum Gasteiger partial charge on any atom is 0.358 e. The molecule has 0 aromatic rings. The first-order valence-electron chi connectivity index (χ1n) is 16.5. The van der Waals surface area contributed by atoms with E-state index in [1.165, 1.54) is 38.5 Å². The zero-order valence-corrected chi connectivity index (χ0v) is 27.3. The lowest BCUT2D eigenvalue weighted by molar-refractivity contribution is -0.263. The van der Waals surface area contributed by atoms with Crippen LogP contribution in [0.2, 0.25) is 0 Å². The van der Waals surface area contributed by atoms with Crippen LogP contribution in [0.3, 0.4) is 0 Å². The molecule has 0 radical (unpaired) electrons. The van der Waals surface area contributed by atoms with Crippen LogP contribution in [0, 0.1) is 11.8 Å². The summed E-state index contributed by atoms with van der Waals surface area (Å²) in [5.41, 5.74) is 0.